The van der Waals surface area contributed by atoms with E-state index >= 15 is 0 Å². The zero-order chi connectivity index (χ0) is 11.8. The van der Waals surface area contributed by atoms with Crippen molar-refractivity contribution in [3.63, 3.8) is 0 Å². The van der Waals surface area contributed by atoms with E-state index in [9.17, 15) is 4.79 Å². The Hall–Kier alpha value is -1.29. The van der Waals surface area contributed by atoms with Gasteiger partial charge in [-0.1, -0.05) is 6.92 Å². The predicted molar refractivity (Wildman–Crippen MR) is 62.9 cm³/mol. The van der Waals surface area contributed by atoms with Crippen LogP contribution in [0.25, 0.3) is 0 Å². The second kappa shape index (κ2) is 7.06. The lowest BCUT2D eigenvalue weighted by Gasteiger charge is -2.09. The van der Waals surface area contributed by atoms with Crippen LogP contribution in [0.5, 0.6) is 0 Å². The summed E-state index contributed by atoms with van der Waals surface area (Å²) in [5, 5.41) is 11.6. The number of carbonyl (C=O) groups excluding carboxylic acids is 1. The summed E-state index contributed by atoms with van der Waals surface area (Å²) >= 11 is 0. The molecule has 0 aliphatic heterocycles. The summed E-state index contributed by atoms with van der Waals surface area (Å²) in [5.41, 5.74) is 0. The lowest BCUT2D eigenvalue weighted by molar-refractivity contribution is -0.121. The standard InChI is InChI=1S/C12H20N2O2/c1-11(10-15)9-13-12(16)5-4-8-14-6-2-3-7-14/h2-3,6-7,11,15H,4-5,8-10H2,1H3,(H,13,16). The van der Waals surface area contributed by atoms with Crippen molar-refractivity contribution in [3.05, 3.63) is 24.5 Å². The first-order chi connectivity index (χ1) is 7.72. The Morgan fingerprint density at radius 1 is 1.44 bits per heavy atom. The Kier molecular flexibility index (Phi) is 5.64. The zero-order valence-electron chi connectivity index (χ0n) is 9.72. The van der Waals surface area contributed by atoms with Crippen LogP contribution in [0.2, 0.25) is 0 Å². The van der Waals surface area contributed by atoms with E-state index in [0.717, 1.165) is 13.0 Å². The van der Waals surface area contributed by atoms with E-state index in [1.807, 2.05) is 31.5 Å². The van der Waals surface area contributed by atoms with E-state index in [4.69, 9.17) is 5.11 Å². The van der Waals surface area contributed by atoms with Gasteiger partial charge in [-0.15, -0.1) is 0 Å². The Labute approximate surface area is 96.3 Å². The number of nitrogens with zero attached hydrogens (tertiary/aromatic N) is 1. The molecule has 1 atom stereocenters. The Balaban J connectivity index is 2.06. The molecule has 90 valence electrons. The number of carbonyl (C=O) groups is 1. The molecule has 1 heterocycles. The van der Waals surface area contributed by atoms with Gasteiger partial charge in [0.1, 0.15) is 0 Å². The summed E-state index contributed by atoms with van der Waals surface area (Å²) in [6.07, 6.45) is 5.36. The molecule has 0 radical (unpaired) electrons. The first-order valence-electron chi connectivity index (χ1n) is 5.70. The SMILES string of the molecule is CC(CO)CNC(=O)CCCn1cccc1. The van der Waals surface area contributed by atoms with Gasteiger partial charge >= 0.3 is 0 Å². The Morgan fingerprint density at radius 2 is 2.12 bits per heavy atom. The first kappa shape index (κ1) is 12.8. The minimum Gasteiger partial charge on any atom is -0.396 e. The molecular weight excluding hydrogens is 204 g/mol. The van der Waals surface area contributed by atoms with E-state index in [1.165, 1.54) is 0 Å². The van der Waals surface area contributed by atoms with Gasteiger partial charge in [0, 0.05) is 38.5 Å². The number of hydrogen-bond donors (Lipinski definition) is 2. The molecule has 0 fully saturated rings. The predicted octanol–water partition coefficient (Wildman–Crippen LogP) is 1.01. The maximum Gasteiger partial charge on any atom is 0.220 e. The number of aryl methyl sites for hydroxylation is 1. The molecule has 0 aliphatic rings. The maximum atomic E-state index is 11.4. The van der Waals surface area contributed by atoms with Crippen molar-refractivity contribution < 1.29 is 9.90 Å². The number of rotatable bonds is 7. The molecular formula is C12H20N2O2. The number of amides is 1. The van der Waals surface area contributed by atoms with E-state index in [0.29, 0.717) is 13.0 Å². The third-order valence-electron chi connectivity index (χ3n) is 2.45. The average molecular weight is 224 g/mol. The number of aliphatic hydroxyl groups is 1. The lowest BCUT2D eigenvalue weighted by Crippen LogP contribution is -2.29. The molecule has 0 bridgehead atoms. The third-order valence-corrected chi connectivity index (χ3v) is 2.45. The molecule has 1 aromatic rings. The number of nitrogens with one attached hydrogen (secondary N) is 1. The maximum absolute atomic E-state index is 11.4. The molecule has 0 aliphatic carbocycles. The highest BCUT2D eigenvalue weighted by Crippen LogP contribution is 1.97. The van der Waals surface area contributed by atoms with Gasteiger partial charge in [0.2, 0.25) is 5.91 Å². The molecule has 0 saturated carbocycles. The second-order valence-corrected chi connectivity index (χ2v) is 4.12. The normalized spacial score (nSPS) is 12.4. The third kappa shape index (κ3) is 4.98. The molecule has 1 amide bonds. The van der Waals surface area contributed by atoms with Gasteiger partial charge in [-0.2, -0.15) is 0 Å². The highest BCUT2D eigenvalue weighted by Gasteiger charge is 2.04. The van der Waals surface area contributed by atoms with Crippen molar-refractivity contribution in [2.45, 2.75) is 26.3 Å². The van der Waals surface area contributed by atoms with Crippen molar-refractivity contribution in [3.8, 4) is 0 Å². The van der Waals surface area contributed by atoms with Crippen LogP contribution < -0.4 is 5.32 Å². The average Bonchev–Trinajstić information content (AvgIpc) is 2.79. The van der Waals surface area contributed by atoms with Crippen LogP contribution in [0.15, 0.2) is 24.5 Å². The van der Waals surface area contributed by atoms with Crippen molar-refractivity contribution in [1.29, 1.82) is 0 Å². The minimum atomic E-state index is 0.0625. The van der Waals surface area contributed by atoms with Crippen LogP contribution in [0.4, 0.5) is 0 Å². The Morgan fingerprint density at radius 3 is 2.75 bits per heavy atom. The van der Waals surface area contributed by atoms with Crippen molar-refractivity contribution in [1.82, 2.24) is 9.88 Å². The molecule has 1 unspecified atom stereocenters. The molecule has 0 saturated heterocycles. The van der Waals surface area contributed by atoms with Crippen LogP contribution in [0.1, 0.15) is 19.8 Å². The molecule has 0 spiro atoms. The van der Waals surface area contributed by atoms with E-state index in [-0.39, 0.29) is 18.4 Å². The molecule has 2 N–H and O–H groups in total. The van der Waals surface area contributed by atoms with Crippen molar-refractivity contribution >= 4 is 5.91 Å². The molecule has 4 nitrogen and oxygen atoms in total. The van der Waals surface area contributed by atoms with E-state index in [2.05, 4.69) is 9.88 Å². The lowest BCUT2D eigenvalue weighted by atomic mass is 10.2. The summed E-state index contributed by atoms with van der Waals surface area (Å²) in [6.45, 7) is 3.44. The highest BCUT2D eigenvalue weighted by atomic mass is 16.3. The summed E-state index contributed by atoms with van der Waals surface area (Å²) in [7, 11) is 0. The van der Waals surface area contributed by atoms with Gasteiger partial charge in [-0.05, 0) is 24.5 Å². The summed E-state index contributed by atoms with van der Waals surface area (Å²) < 4.78 is 2.06. The quantitative estimate of drug-likeness (QED) is 0.726. The van der Waals surface area contributed by atoms with Gasteiger partial charge in [-0.3, -0.25) is 4.79 Å². The van der Waals surface area contributed by atoms with Crippen LogP contribution >= 0.6 is 0 Å². The molecule has 1 rings (SSSR count). The van der Waals surface area contributed by atoms with Gasteiger partial charge in [0.25, 0.3) is 0 Å². The van der Waals surface area contributed by atoms with Crippen LogP contribution in [-0.2, 0) is 11.3 Å². The molecule has 1 aromatic heterocycles. The topological polar surface area (TPSA) is 54.3 Å². The fourth-order valence-corrected chi connectivity index (χ4v) is 1.38. The first-order valence-corrected chi connectivity index (χ1v) is 5.70. The fourth-order valence-electron chi connectivity index (χ4n) is 1.38. The van der Waals surface area contributed by atoms with Gasteiger partial charge in [0.15, 0.2) is 0 Å². The fraction of sp³-hybridized carbons (Fsp3) is 0.583. The molecule has 0 aromatic carbocycles. The number of hydrogen-bond acceptors (Lipinski definition) is 2. The number of aromatic nitrogens is 1. The van der Waals surface area contributed by atoms with Crippen molar-refractivity contribution in [2.75, 3.05) is 13.2 Å². The van der Waals surface area contributed by atoms with Crippen molar-refractivity contribution in [2.24, 2.45) is 5.92 Å². The minimum absolute atomic E-state index is 0.0625. The van der Waals surface area contributed by atoms with Crippen LogP contribution in [0.3, 0.4) is 0 Å². The summed E-state index contributed by atoms with van der Waals surface area (Å²) in [4.78, 5) is 11.4. The number of aliphatic hydroxyl groups excluding tert-OH is 1. The van der Waals surface area contributed by atoms with E-state index < -0.39 is 0 Å². The van der Waals surface area contributed by atoms with Crippen LogP contribution in [0, 0.1) is 5.92 Å². The highest BCUT2D eigenvalue weighted by molar-refractivity contribution is 5.75. The molecule has 16 heavy (non-hydrogen) atoms. The monoisotopic (exact) mass is 224 g/mol. The zero-order valence-corrected chi connectivity index (χ0v) is 9.72. The Bertz CT molecular complexity index is 296. The van der Waals surface area contributed by atoms with Gasteiger partial charge in [-0.25, -0.2) is 0 Å². The van der Waals surface area contributed by atoms with Crippen LogP contribution in [-0.4, -0.2) is 28.7 Å². The molecule has 4 heteroatoms. The largest absolute Gasteiger partial charge is 0.396 e. The summed E-state index contributed by atoms with van der Waals surface area (Å²) in [6, 6.07) is 3.95. The van der Waals surface area contributed by atoms with Gasteiger partial charge < -0.3 is 15.0 Å². The van der Waals surface area contributed by atoms with Gasteiger partial charge in [0.05, 0.1) is 0 Å². The summed E-state index contributed by atoms with van der Waals surface area (Å²) in [5.74, 6) is 0.195. The van der Waals surface area contributed by atoms with E-state index in [1.54, 1.807) is 0 Å². The smallest absolute Gasteiger partial charge is 0.220 e. The second-order valence-electron chi connectivity index (χ2n) is 4.12.